The van der Waals surface area contributed by atoms with Crippen molar-refractivity contribution in [3.63, 3.8) is 0 Å². The first kappa shape index (κ1) is 9.93. The average molecular weight is 199 g/mol. The Morgan fingerprint density at radius 2 is 2.29 bits per heavy atom. The number of carboxylic acids is 1. The zero-order valence-corrected chi connectivity index (χ0v) is 8.45. The Balaban J connectivity index is 2.13. The van der Waals surface area contributed by atoms with Gasteiger partial charge in [-0.1, -0.05) is 6.92 Å². The second-order valence-electron chi connectivity index (χ2n) is 4.42. The summed E-state index contributed by atoms with van der Waals surface area (Å²) < 4.78 is 5.29. The second kappa shape index (κ2) is 3.51. The normalized spacial score (nSPS) is 38.2. The maximum Gasteiger partial charge on any atom is 0.324 e. The molecule has 2 rings (SSSR count). The Morgan fingerprint density at radius 1 is 1.57 bits per heavy atom. The van der Waals surface area contributed by atoms with Gasteiger partial charge >= 0.3 is 5.97 Å². The van der Waals surface area contributed by atoms with E-state index in [0.717, 1.165) is 12.8 Å². The molecule has 0 bridgehead atoms. The average Bonchev–Trinajstić information content (AvgIpc) is 2.92. The molecule has 1 saturated heterocycles. The Morgan fingerprint density at radius 3 is 2.79 bits per heavy atom. The van der Waals surface area contributed by atoms with Crippen LogP contribution in [0.4, 0.5) is 0 Å². The van der Waals surface area contributed by atoms with E-state index in [2.05, 4.69) is 5.32 Å². The van der Waals surface area contributed by atoms with Crippen molar-refractivity contribution < 1.29 is 14.6 Å². The van der Waals surface area contributed by atoms with Crippen LogP contribution in [0.15, 0.2) is 0 Å². The number of aliphatic carboxylic acids is 1. The summed E-state index contributed by atoms with van der Waals surface area (Å²) in [6, 6.07) is 0.423. The number of carbonyl (C=O) groups is 1. The van der Waals surface area contributed by atoms with Gasteiger partial charge in [-0.05, 0) is 19.3 Å². The first-order valence-electron chi connectivity index (χ1n) is 5.24. The Kier molecular flexibility index (Phi) is 2.49. The maximum absolute atomic E-state index is 11.3. The summed E-state index contributed by atoms with van der Waals surface area (Å²) in [5.74, 6) is -0.672. The highest BCUT2D eigenvalue weighted by Crippen LogP contribution is 2.32. The second-order valence-corrected chi connectivity index (χ2v) is 4.42. The highest BCUT2D eigenvalue weighted by Gasteiger charge is 2.48. The predicted octanol–water partition coefficient (Wildman–Crippen LogP) is 0.618. The largest absolute Gasteiger partial charge is 0.480 e. The van der Waals surface area contributed by atoms with Crippen LogP contribution in [0.2, 0.25) is 0 Å². The van der Waals surface area contributed by atoms with Gasteiger partial charge in [-0.25, -0.2) is 0 Å². The molecule has 1 aliphatic heterocycles. The number of rotatable bonds is 3. The predicted molar refractivity (Wildman–Crippen MR) is 51.1 cm³/mol. The summed E-state index contributed by atoms with van der Waals surface area (Å²) in [5.41, 5.74) is -0.737. The molecular weight excluding hydrogens is 182 g/mol. The molecule has 4 nitrogen and oxygen atoms in total. The summed E-state index contributed by atoms with van der Waals surface area (Å²) in [4.78, 5) is 11.3. The molecule has 2 atom stereocenters. The first-order chi connectivity index (χ1) is 6.65. The molecule has 80 valence electrons. The van der Waals surface area contributed by atoms with Crippen LogP contribution in [-0.4, -0.2) is 35.9 Å². The van der Waals surface area contributed by atoms with E-state index in [-0.39, 0.29) is 5.92 Å². The molecule has 1 saturated carbocycles. The van der Waals surface area contributed by atoms with Crippen molar-refractivity contribution in [3.05, 3.63) is 0 Å². The summed E-state index contributed by atoms with van der Waals surface area (Å²) in [6.07, 6.45) is 2.81. The van der Waals surface area contributed by atoms with Crippen LogP contribution in [0.3, 0.4) is 0 Å². The number of carboxylic acid groups (broad SMARTS) is 1. The minimum atomic E-state index is -0.737. The van der Waals surface area contributed by atoms with E-state index in [4.69, 9.17) is 4.74 Å². The van der Waals surface area contributed by atoms with Crippen LogP contribution < -0.4 is 5.32 Å². The van der Waals surface area contributed by atoms with Crippen molar-refractivity contribution in [2.45, 2.75) is 37.8 Å². The van der Waals surface area contributed by atoms with Crippen LogP contribution in [0.25, 0.3) is 0 Å². The van der Waals surface area contributed by atoms with Gasteiger partial charge in [0.15, 0.2) is 0 Å². The van der Waals surface area contributed by atoms with Gasteiger partial charge in [0.1, 0.15) is 5.54 Å². The van der Waals surface area contributed by atoms with Gasteiger partial charge in [0.25, 0.3) is 0 Å². The molecule has 0 aromatic rings. The summed E-state index contributed by atoms with van der Waals surface area (Å²) in [7, 11) is 0. The van der Waals surface area contributed by atoms with Crippen molar-refractivity contribution in [3.8, 4) is 0 Å². The number of nitrogens with one attached hydrogen (secondary N) is 1. The van der Waals surface area contributed by atoms with Crippen molar-refractivity contribution >= 4 is 5.97 Å². The quantitative estimate of drug-likeness (QED) is 0.699. The lowest BCUT2D eigenvalue weighted by atomic mass is 9.81. The Hall–Kier alpha value is -0.610. The molecule has 4 heteroatoms. The Labute approximate surface area is 83.6 Å². The monoisotopic (exact) mass is 199 g/mol. The highest BCUT2D eigenvalue weighted by atomic mass is 16.5. The molecule has 2 aliphatic rings. The number of ether oxygens (including phenoxy) is 1. The van der Waals surface area contributed by atoms with E-state index >= 15 is 0 Å². The summed E-state index contributed by atoms with van der Waals surface area (Å²) in [5, 5.41) is 12.6. The minimum absolute atomic E-state index is 0.0503. The van der Waals surface area contributed by atoms with E-state index in [1.54, 1.807) is 0 Å². The van der Waals surface area contributed by atoms with Crippen molar-refractivity contribution in [2.24, 2.45) is 5.92 Å². The topological polar surface area (TPSA) is 58.6 Å². The lowest BCUT2D eigenvalue weighted by molar-refractivity contribution is -0.153. The smallest absolute Gasteiger partial charge is 0.324 e. The lowest BCUT2D eigenvalue weighted by Gasteiger charge is -2.39. The standard InChI is InChI=1S/C10H17NO3/c1-7-6-14-5-4-10(7,9(12)13)11-8-2-3-8/h7-8,11H,2-6H2,1H3,(H,12,13). The molecule has 0 spiro atoms. The zero-order chi connectivity index (χ0) is 10.2. The molecule has 14 heavy (non-hydrogen) atoms. The molecular formula is C10H17NO3. The van der Waals surface area contributed by atoms with Gasteiger partial charge in [0.05, 0.1) is 6.61 Å². The van der Waals surface area contributed by atoms with Crippen LogP contribution in [-0.2, 0) is 9.53 Å². The van der Waals surface area contributed by atoms with Crippen molar-refractivity contribution in [2.75, 3.05) is 13.2 Å². The molecule has 0 radical (unpaired) electrons. The first-order valence-corrected chi connectivity index (χ1v) is 5.24. The molecule has 2 N–H and O–H groups in total. The molecule has 0 amide bonds. The number of hydrogen-bond donors (Lipinski definition) is 2. The summed E-state index contributed by atoms with van der Waals surface area (Å²) >= 11 is 0. The Bertz CT molecular complexity index is 240. The van der Waals surface area contributed by atoms with E-state index < -0.39 is 11.5 Å². The third-order valence-electron chi connectivity index (χ3n) is 3.27. The SMILES string of the molecule is CC1COCCC1(NC1CC1)C(=O)O. The zero-order valence-electron chi connectivity index (χ0n) is 8.45. The minimum Gasteiger partial charge on any atom is -0.480 e. The van der Waals surface area contributed by atoms with Crippen molar-refractivity contribution in [1.29, 1.82) is 0 Å². The molecule has 2 unspecified atom stereocenters. The van der Waals surface area contributed by atoms with E-state index in [9.17, 15) is 9.90 Å². The van der Waals surface area contributed by atoms with E-state index in [0.29, 0.717) is 25.7 Å². The van der Waals surface area contributed by atoms with Crippen molar-refractivity contribution in [1.82, 2.24) is 5.32 Å². The molecule has 0 aromatic heterocycles. The fraction of sp³-hybridized carbons (Fsp3) is 0.900. The van der Waals surface area contributed by atoms with Gasteiger partial charge in [-0.15, -0.1) is 0 Å². The lowest BCUT2D eigenvalue weighted by Crippen LogP contribution is -2.61. The van der Waals surface area contributed by atoms with E-state index in [1.807, 2.05) is 6.92 Å². The van der Waals surface area contributed by atoms with Gasteiger partial charge in [0.2, 0.25) is 0 Å². The molecule has 0 aromatic carbocycles. The van der Waals surface area contributed by atoms with Gasteiger partial charge in [-0.2, -0.15) is 0 Å². The molecule has 1 aliphatic carbocycles. The fourth-order valence-electron chi connectivity index (χ4n) is 2.07. The summed E-state index contributed by atoms with van der Waals surface area (Å²) in [6.45, 7) is 3.05. The van der Waals surface area contributed by atoms with Gasteiger partial charge < -0.3 is 9.84 Å². The fourth-order valence-corrected chi connectivity index (χ4v) is 2.07. The van der Waals surface area contributed by atoms with Crippen LogP contribution in [0.1, 0.15) is 26.2 Å². The third-order valence-corrected chi connectivity index (χ3v) is 3.27. The molecule has 1 heterocycles. The van der Waals surface area contributed by atoms with Gasteiger partial charge in [-0.3, -0.25) is 10.1 Å². The van der Waals surface area contributed by atoms with Gasteiger partial charge in [0, 0.05) is 18.6 Å². The van der Waals surface area contributed by atoms with Crippen LogP contribution in [0.5, 0.6) is 0 Å². The van der Waals surface area contributed by atoms with E-state index in [1.165, 1.54) is 0 Å². The maximum atomic E-state index is 11.3. The molecule has 2 fully saturated rings. The highest BCUT2D eigenvalue weighted by molar-refractivity contribution is 5.79. The van der Waals surface area contributed by atoms with Crippen LogP contribution >= 0.6 is 0 Å². The third kappa shape index (κ3) is 1.64. The number of hydrogen-bond acceptors (Lipinski definition) is 3. The van der Waals surface area contributed by atoms with Crippen LogP contribution in [0, 0.1) is 5.92 Å².